The molecule has 0 aromatic heterocycles. The Labute approximate surface area is 130 Å². The lowest BCUT2D eigenvalue weighted by molar-refractivity contribution is -0.136. The van der Waals surface area contributed by atoms with E-state index in [0.29, 0.717) is 15.7 Å². The summed E-state index contributed by atoms with van der Waals surface area (Å²) in [5.41, 5.74) is 0.983. The van der Waals surface area contributed by atoms with Gasteiger partial charge in [0.05, 0.1) is 11.3 Å². The van der Waals surface area contributed by atoms with Gasteiger partial charge in [0, 0.05) is 10.2 Å². The van der Waals surface area contributed by atoms with E-state index in [1.54, 1.807) is 24.3 Å². The minimum absolute atomic E-state index is 0.0985. The van der Waals surface area contributed by atoms with Gasteiger partial charge in [0.2, 0.25) is 0 Å². The number of benzene rings is 2. The lowest BCUT2D eigenvalue weighted by atomic mass is 10.1. The molecule has 0 atom stereocenters. The maximum absolute atomic E-state index is 12.2. The van der Waals surface area contributed by atoms with Crippen LogP contribution in [-0.2, 0) is 21.2 Å². The summed E-state index contributed by atoms with van der Waals surface area (Å²) in [4.78, 5) is 10.7. The predicted molar refractivity (Wildman–Crippen MR) is 82.7 cm³/mol. The predicted octanol–water partition coefficient (Wildman–Crippen LogP) is 2.88. The molecule has 0 unspecified atom stereocenters. The molecule has 5 nitrogen and oxygen atoms in total. The first-order valence-corrected chi connectivity index (χ1v) is 8.23. The molecule has 2 aromatic rings. The monoisotopic (exact) mass is 369 g/mol. The van der Waals surface area contributed by atoms with Gasteiger partial charge in [-0.2, -0.15) is 0 Å². The summed E-state index contributed by atoms with van der Waals surface area (Å²) < 4.78 is 27.5. The Kier molecular flexibility index (Phi) is 4.64. The number of hydrogen-bond donors (Lipinski definition) is 2. The molecule has 0 fully saturated rings. The highest BCUT2D eigenvalue weighted by atomic mass is 79.9. The fourth-order valence-electron chi connectivity index (χ4n) is 1.71. The summed E-state index contributed by atoms with van der Waals surface area (Å²) in [6, 6.07) is 12.6. The van der Waals surface area contributed by atoms with E-state index in [2.05, 4.69) is 20.7 Å². The number of rotatable bonds is 5. The zero-order valence-electron chi connectivity index (χ0n) is 10.8. The van der Waals surface area contributed by atoms with Crippen molar-refractivity contribution in [2.24, 2.45) is 0 Å². The fraction of sp³-hybridized carbons (Fsp3) is 0.0714. The number of anilines is 1. The van der Waals surface area contributed by atoms with Crippen LogP contribution in [0.25, 0.3) is 0 Å². The van der Waals surface area contributed by atoms with Crippen LogP contribution in [0.15, 0.2) is 57.9 Å². The number of halogens is 1. The van der Waals surface area contributed by atoms with Gasteiger partial charge in [-0.05, 0) is 35.9 Å². The molecule has 0 spiro atoms. The Morgan fingerprint density at radius 1 is 1.14 bits per heavy atom. The molecule has 2 N–H and O–H groups in total. The molecule has 0 aliphatic rings. The summed E-state index contributed by atoms with van der Waals surface area (Å²) >= 11 is 3.22. The molecule has 110 valence electrons. The molecule has 0 heterocycles. The van der Waals surface area contributed by atoms with E-state index in [1.165, 1.54) is 24.3 Å². The van der Waals surface area contributed by atoms with Crippen LogP contribution < -0.4 is 4.72 Å². The van der Waals surface area contributed by atoms with Gasteiger partial charge in [0.15, 0.2) is 0 Å². The van der Waals surface area contributed by atoms with Crippen molar-refractivity contribution >= 4 is 37.6 Å². The summed E-state index contributed by atoms with van der Waals surface area (Å²) in [6.45, 7) is 0. The van der Waals surface area contributed by atoms with Crippen LogP contribution in [0.5, 0.6) is 0 Å². The largest absolute Gasteiger partial charge is 0.481 e. The van der Waals surface area contributed by atoms with Crippen LogP contribution in [0.1, 0.15) is 5.56 Å². The summed E-state index contributed by atoms with van der Waals surface area (Å²) in [7, 11) is -3.67. The quantitative estimate of drug-likeness (QED) is 0.848. The lowest BCUT2D eigenvalue weighted by Crippen LogP contribution is -2.13. The highest BCUT2D eigenvalue weighted by Crippen LogP contribution is 2.20. The van der Waals surface area contributed by atoms with E-state index in [-0.39, 0.29) is 11.3 Å². The minimum atomic E-state index is -3.67. The van der Waals surface area contributed by atoms with Crippen LogP contribution in [0, 0.1) is 0 Å². The van der Waals surface area contributed by atoms with E-state index in [0.717, 1.165) is 0 Å². The van der Waals surface area contributed by atoms with Gasteiger partial charge in [-0.1, -0.05) is 34.1 Å². The first-order chi connectivity index (χ1) is 9.87. The van der Waals surface area contributed by atoms with Gasteiger partial charge >= 0.3 is 5.97 Å². The Morgan fingerprint density at radius 3 is 2.38 bits per heavy atom. The molecule has 0 saturated heterocycles. The summed E-state index contributed by atoms with van der Waals surface area (Å²) in [5, 5.41) is 8.68. The van der Waals surface area contributed by atoms with E-state index in [1.807, 2.05) is 0 Å². The second-order valence-corrected chi connectivity index (χ2v) is 6.93. The first-order valence-electron chi connectivity index (χ1n) is 5.96. The number of aliphatic carboxylic acids is 1. The molecule has 7 heteroatoms. The standard InChI is InChI=1S/C14H12BrNO4S/c15-11-2-1-3-13(9-11)21(19,20)16-12-6-4-10(5-7-12)8-14(17)18/h1-7,9,16H,8H2,(H,17,18). The first kappa shape index (κ1) is 15.5. The molecule has 0 aliphatic carbocycles. The Bertz CT molecular complexity index is 757. The van der Waals surface area contributed by atoms with Gasteiger partial charge in [-0.25, -0.2) is 8.42 Å². The Hall–Kier alpha value is -1.86. The van der Waals surface area contributed by atoms with E-state index in [4.69, 9.17) is 5.11 Å². The van der Waals surface area contributed by atoms with Crippen molar-refractivity contribution in [2.75, 3.05) is 4.72 Å². The SMILES string of the molecule is O=C(O)Cc1ccc(NS(=O)(=O)c2cccc(Br)c2)cc1. The molecule has 21 heavy (non-hydrogen) atoms. The molecular formula is C14H12BrNO4S. The van der Waals surface area contributed by atoms with Crippen molar-refractivity contribution in [3.8, 4) is 0 Å². The van der Waals surface area contributed by atoms with Crippen LogP contribution in [-0.4, -0.2) is 19.5 Å². The molecule has 2 rings (SSSR count). The summed E-state index contributed by atoms with van der Waals surface area (Å²) in [6.07, 6.45) is -0.0985. The minimum Gasteiger partial charge on any atom is -0.481 e. The fourth-order valence-corrected chi connectivity index (χ4v) is 3.37. The van der Waals surface area contributed by atoms with Crippen molar-refractivity contribution in [3.05, 3.63) is 58.6 Å². The molecule has 0 saturated carbocycles. The van der Waals surface area contributed by atoms with Crippen molar-refractivity contribution in [2.45, 2.75) is 11.3 Å². The van der Waals surface area contributed by atoms with Gasteiger partial charge in [-0.15, -0.1) is 0 Å². The second kappa shape index (κ2) is 6.28. The third kappa shape index (κ3) is 4.30. The highest BCUT2D eigenvalue weighted by Gasteiger charge is 2.14. The van der Waals surface area contributed by atoms with Crippen LogP contribution >= 0.6 is 15.9 Å². The Morgan fingerprint density at radius 2 is 1.81 bits per heavy atom. The van der Waals surface area contributed by atoms with Gasteiger partial charge in [-0.3, -0.25) is 9.52 Å². The lowest BCUT2D eigenvalue weighted by Gasteiger charge is -2.09. The third-order valence-corrected chi connectivity index (χ3v) is 4.54. The maximum Gasteiger partial charge on any atom is 0.307 e. The van der Waals surface area contributed by atoms with Crippen LogP contribution in [0.3, 0.4) is 0 Å². The Balaban J connectivity index is 2.19. The van der Waals surface area contributed by atoms with Crippen molar-refractivity contribution in [3.63, 3.8) is 0 Å². The van der Waals surface area contributed by atoms with E-state index >= 15 is 0 Å². The molecule has 0 radical (unpaired) electrons. The second-order valence-electron chi connectivity index (χ2n) is 4.33. The smallest absolute Gasteiger partial charge is 0.307 e. The number of nitrogens with one attached hydrogen (secondary N) is 1. The number of carbonyl (C=O) groups is 1. The topological polar surface area (TPSA) is 83.5 Å². The number of sulfonamides is 1. The highest BCUT2D eigenvalue weighted by molar-refractivity contribution is 9.10. The number of carboxylic acid groups (broad SMARTS) is 1. The summed E-state index contributed by atoms with van der Waals surface area (Å²) in [5.74, 6) is -0.933. The van der Waals surface area contributed by atoms with Crippen molar-refractivity contribution in [1.82, 2.24) is 0 Å². The molecule has 2 aromatic carbocycles. The average molecular weight is 370 g/mol. The zero-order chi connectivity index (χ0) is 15.5. The number of carboxylic acids is 1. The molecule has 0 amide bonds. The average Bonchev–Trinajstić information content (AvgIpc) is 2.40. The molecular weight excluding hydrogens is 358 g/mol. The van der Waals surface area contributed by atoms with E-state index < -0.39 is 16.0 Å². The molecule has 0 aliphatic heterocycles. The third-order valence-electron chi connectivity index (χ3n) is 2.67. The number of hydrogen-bond acceptors (Lipinski definition) is 3. The molecule has 0 bridgehead atoms. The van der Waals surface area contributed by atoms with Gasteiger partial charge in [0.25, 0.3) is 10.0 Å². The zero-order valence-corrected chi connectivity index (χ0v) is 13.2. The van der Waals surface area contributed by atoms with Crippen LogP contribution in [0.2, 0.25) is 0 Å². The van der Waals surface area contributed by atoms with Crippen molar-refractivity contribution in [1.29, 1.82) is 0 Å². The van der Waals surface area contributed by atoms with E-state index in [9.17, 15) is 13.2 Å². The van der Waals surface area contributed by atoms with Gasteiger partial charge in [0.1, 0.15) is 0 Å². The van der Waals surface area contributed by atoms with Gasteiger partial charge < -0.3 is 5.11 Å². The van der Waals surface area contributed by atoms with Crippen molar-refractivity contribution < 1.29 is 18.3 Å². The maximum atomic E-state index is 12.2. The normalized spacial score (nSPS) is 11.1. The van der Waals surface area contributed by atoms with Crippen LogP contribution in [0.4, 0.5) is 5.69 Å².